The third-order valence-corrected chi connectivity index (χ3v) is 2.02. The van der Waals surface area contributed by atoms with Crippen LogP contribution in [0.25, 0.3) is 0 Å². The van der Waals surface area contributed by atoms with Crippen molar-refractivity contribution in [3.63, 3.8) is 0 Å². The van der Waals surface area contributed by atoms with Gasteiger partial charge in [-0.3, -0.25) is 4.79 Å². The van der Waals surface area contributed by atoms with Crippen molar-refractivity contribution >= 4 is 5.78 Å². The largest absolute Gasteiger partial charge is 0.496 e. The molecule has 0 heterocycles. The lowest BCUT2D eigenvalue weighted by Crippen LogP contribution is -2.00. The number of ether oxygens (including phenoxy) is 2. The second-order valence-corrected chi connectivity index (χ2v) is 3.27. The van der Waals surface area contributed by atoms with Gasteiger partial charge >= 0.3 is 0 Å². The molecule has 0 aliphatic carbocycles. The molecule has 0 fully saturated rings. The quantitative estimate of drug-likeness (QED) is 0.698. The highest BCUT2D eigenvalue weighted by atomic mass is 16.5. The SMILES string of the molecule is CCCOc1ccc(OC)c(C(C)=O)c1. The Morgan fingerprint density at radius 3 is 2.67 bits per heavy atom. The van der Waals surface area contributed by atoms with Crippen LogP contribution < -0.4 is 9.47 Å². The minimum absolute atomic E-state index is 0.0196. The highest BCUT2D eigenvalue weighted by Gasteiger charge is 2.09. The lowest BCUT2D eigenvalue weighted by Gasteiger charge is -2.09. The van der Waals surface area contributed by atoms with Crippen LogP contribution in [0, 0.1) is 0 Å². The molecule has 1 aromatic rings. The van der Waals surface area contributed by atoms with E-state index in [4.69, 9.17) is 9.47 Å². The van der Waals surface area contributed by atoms with Gasteiger partial charge in [-0.2, -0.15) is 0 Å². The smallest absolute Gasteiger partial charge is 0.163 e. The summed E-state index contributed by atoms with van der Waals surface area (Å²) in [6.07, 6.45) is 0.946. The van der Waals surface area contributed by atoms with E-state index in [9.17, 15) is 4.79 Å². The molecule has 0 bridgehead atoms. The first kappa shape index (κ1) is 11.6. The zero-order valence-electron chi connectivity index (χ0n) is 9.37. The molecule has 0 unspecified atom stereocenters. The fraction of sp³-hybridized carbons (Fsp3) is 0.417. The third kappa shape index (κ3) is 2.98. The Morgan fingerprint density at radius 2 is 2.13 bits per heavy atom. The second kappa shape index (κ2) is 5.39. The Labute approximate surface area is 90.0 Å². The van der Waals surface area contributed by atoms with Gasteiger partial charge in [-0.15, -0.1) is 0 Å². The summed E-state index contributed by atoms with van der Waals surface area (Å²) < 4.78 is 10.5. The highest BCUT2D eigenvalue weighted by molar-refractivity contribution is 5.97. The first-order valence-electron chi connectivity index (χ1n) is 5.00. The van der Waals surface area contributed by atoms with Gasteiger partial charge in [0.2, 0.25) is 0 Å². The normalized spacial score (nSPS) is 9.80. The second-order valence-electron chi connectivity index (χ2n) is 3.27. The van der Waals surface area contributed by atoms with Gasteiger partial charge in [0.1, 0.15) is 11.5 Å². The number of carbonyl (C=O) groups is 1. The first-order chi connectivity index (χ1) is 7.19. The molecule has 0 amide bonds. The average Bonchev–Trinajstić information content (AvgIpc) is 2.25. The molecule has 0 spiro atoms. The summed E-state index contributed by atoms with van der Waals surface area (Å²) in [5.74, 6) is 1.28. The zero-order valence-corrected chi connectivity index (χ0v) is 9.37. The average molecular weight is 208 g/mol. The van der Waals surface area contributed by atoms with E-state index in [0.717, 1.165) is 6.42 Å². The van der Waals surface area contributed by atoms with Gasteiger partial charge in [0.25, 0.3) is 0 Å². The molecule has 1 aromatic carbocycles. The van der Waals surface area contributed by atoms with Gasteiger partial charge < -0.3 is 9.47 Å². The molecule has 0 aromatic heterocycles. The van der Waals surface area contributed by atoms with E-state index < -0.39 is 0 Å². The summed E-state index contributed by atoms with van der Waals surface area (Å²) in [6, 6.07) is 5.28. The molecular formula is C12H16O3. The van der Waals surface area contributed by atoms with E-state index in [-0.39, 0.29) is 5.78 Å². The third-order valence-electron chi connectivity index (χ3n) is 2.02. The lowest BCUT2D eigenvalue weighted by molar-refractivity contribution is 0.101. The fourth-order valence-electron chi connectivity index (χ4n) is 1.27. The van der Waals surface area contributed by atoms with Gasteiger partial charge in [0, 0.05) is 0 Å². The van der Waals surface area contributed by atoms with E-state index in [1.54, 1.807) is 25.3 Å². The molecule has 0 radical (unpaired) electrons. The topological polar surface area (TPSA) is 35.5 Å². The van der Waals surface area contributed by atoms with Crippen molar-refractivity contribution in [2.75, 3.05) is 13.7 Å². The molecule has 0 saturated carbocycles. The molecule has 0 aliphatic rings. The van der Waals surface area contributed by atoms with E-state index in [1.165, 1.54) is 6.92 Å². The first-order valence-corrected chi connectivity index (χ1v) is 5.00. The van der Waals surface area contributed by atoms with Gasteiger partial charge in [0.05, 0.1) is 19.3 Å². The maximum absolute atomic E-state index is 11.3. The van der Waals surface area contributed by atoms with E-state index in [2.05, 4.69) is 0 Å². The Hall–Kier alpha value is -1.51. The number of rotatable bonds is 5. The van der Waals surface area contributed by atoms with Crippen LogP contribution in [0.1, 0.15) is 30.6 Å². The molecule has 0 saturated heterocycles. The van der Waals surface area contributed by atoms with Crippen molar-refractivity contribution in [1.29, 1.82) is 0 Å². The molecule has 0 N–H and O–H groups in total. The van der Waals surface area contributed by atoms with Crippen molar-refractivity contribution in [3.05, 3.63) is 23.8 Å². The number of carbonyl (C=O) groups excluding carboxylic acids is 1. The molecule has 3 heteroatoms. The Kier molecular flexibility index (Phi) is 4.16. The Bertz CT molecular complexity index is 345. The number of benzene rings is 1. The van der Waals surface area contributed by atoms with E-state index in [0.29, 0.717) is 23.7 Å². The Morgan fingerprint density at radius 1 is 1.40 bits per heavy atom. The number of hydrogen-bond acceptors (Lipinski definition) is 3. The lowest BCUT2D eigenvalue weighted by atomic mass is 10.1. The number of hydrogen-bond donors (Lipinski definition) is 0. The van der Waals surface area contributed by atoms with Crippen LogP contribution in [0.15, 0.2) is 18.2 Å². The number of ketones is 1. The van der Waals surface area contributed by atoms with Crippen molar-refractivity contribution in [2.45, 2.75) is 20.3 Å². The molecule has 82 valence electrons. The number of methoxy groups -OCH3 is 1. The summed E-state index contributed by atoms with van der Waals surface area (Å²) in [5.41, 5.74) is 0.561. The van der Waals surface area contributed by atoms with Gasteiger partial charge in [-0.25, -0.2) is 0 Å². The van der Waals surface area contributed by atoms with Crippen molar-refractivity contribution in [1.82, 2.24) is 0 Å². The highest BCUT2D eigenvalue weighted by Crippen LogP contribution is 2.24. The van der Waals surface area contributed by atoms with Crippen molar-refractivity contribution < 1.29 is 14.3 Å². The van der Waals surface area contributed by atoms with Crippen LogP contribution in [0.5, 0.6) is 11.5 Å². The monoisotopic (exact) mass is 208 g/mol. The molecule has 15 heavy (non-hydrogen) atoms. The maximum atomic E-state index is 11.3. The van der Waals surface area contributed by atoms with Gasteiger partial charge in [-0.05, 0) is 31.5 Å². The summed E-state index contributed by atoms with van der Waals surface area (Å²) in [7, 11) is 1.55. The summed E-state index contributed by atoms with van der Waals surface area (Å²) in [5, 5.41) is 0. The predicted molar refractivity (Wildman–Crippen MR) is 58.8 cm³/mol. The van der Waals surface area contributed by atoms with Crippen LogP contribution in [-0.4, -0.2) is 19.5 Å². The molecule has 3 nitrogen and oxygen atoms in total. The van der Waals surface area contributed by atoms with Crippen LogP contribution in [0.3, 0.4) is 0 Å². The Balaban J connectivity index is 2.94. The minimum Gasteiger partial charge on any atom is -0.496 e. The molecule has 0 aliphatic heterocycles. The van der Waals surface area contributed by atoms with Crippen LogP contribution in [0.2, 0.25) is 0 Å². The summed E-state index contributed by atoms with van der Waals surface area (Å²) >= 11 is 0. The molecule has 1 rings (SSSR count). The van der Waals surface area contributed by atoms with Crippen molar-refractivity contribution in [3.8, 4) is 11.5 Å². The van der Waals surface area contributed by atoms with Crippen molar-refractivity contribution in [2.24, 2.45) is 0 Å². The maximum Gasteiger partial charge on any atom is 0.163 e. The van der Waals surface area contributed by atoms with Gasteiger partial charge in [0.15, 0.2) is 5.78 Å². The van der Waals surface area contributed by atoms with E-state index in [1.807, 2.05) is 6.92 Å². The van der Waals surface area contributed by atoms with E-state index >= 15 is 0 Å². The summed E-state index contributed by atoms with van der Waals surface area (Å²) in [4.78, 5) is 11.3. The fourth-order valence-corrected chi connectivity index (χ4v) is 1.27. The predicted octanol–water partition coefficient (Wildman–Crippen LogP) is 2.69. The number of Topliss-reactive ketones (excluding diaryl/α,β-unsaturated/α-hetero) is 1. The standard InChI is InChI=1S/C12H16O3/c1-4-7-15-10-5-6-12(14-3)11(8-10)9(2)13/h5-6,8H,4,7H2,1-3H3. The van der Waals surface area contributed by atoms with Crippen LogP contribution in [-0.2, 0) is 0 Å². The van der Waals surface area contributed by atoms with Gasteiger partial charge in [-0.1, -0.05) is 6.92 Å². The van der Waals surface area contributed by atoms with Crippen LogP contribution in [0.4, 0.5) is 0 Å². The molecule has 0 atom stereocenters. The van der Waals surface area contributed by atoms with Crippen LogP contribution >= 0.6 is 0 Å². The summed E-state index contributed by atoms with van der Waals surface area (Å²) in [6.45, 7) is 4.21. The minimum atomic E-state index is -0.0196. The molecular weight excluding hydrogens is 192 g/mol. The zero-order chi connectivity index (χ0) is 11.3.